The van der Waals surface area contributed by atoms with Crippen LogP contribution in [0.4, 0.5) is 21.2 Å². The van der Waals surface area contributed by atoms with E-state index < -0.39 is 79.0 Å². The van der Waals surface area contributed by atoms with Crippen molar-refractivity contribution in [1.29, 1.82) is 0 Å². The van der Waals surface area contributed by atoms with Gasteiger partial charge in [-0.2, -0.15) is 0 Å². The molecule has 1 spiro atoms. The van der Waals surface area contributed by atoms with Crippen molar-refractivity contribution in [3.05, 3.63) is 75.6 Å². The molecule has 17 nitrogen and oxygen atoms in total. The number of fused-ring (bicyclic) bond motifs is 2. The Balaban J connectivity index is 1.26. The third-order valence-corrected chi connectivity index (χ3v) is 12.6. The summed E-state index contributed by atoms with van der Waals surface area (Å²) in [5.74, 6) is -2.08. The number of carbonyl (C=O) groups is 2. The highest BCUT2D eigenvalue weighted by atomic mass is 28.4. The van der Waals surface area contributed by atoms with E-state index in [1.807, 2.05) is 0 Å². The lowest BCUT2D eigenvalue weighted by atomic mass is 9.82. The summed E-state index contributed by atoms with van der Waals surface area (Å²) in [5, 5.41) is 71.4. The van der Waals surface area contributed by atoms with Crippen molar-refractivity contribution in [1.82, 2.24) is 15.0 Å². The summed E-state index contributed by atoms with van der Waals surface area (Å²) < 4.78 is 29.4. The molecule has 0 radical (unpaired) electrons. The maximum Gasteiger partial charge on any atom is 0.269 e. The average Bonchev–Trinajstić information content (AvgIpc) is 3.74. The van der Waals surface area contributed by atoms with Crippen LogP contribution < -0.4 is 10.2 Å². The van der Waals surface area contributed by atoms with Gasteiger partial charge in [-0.15, -0.1) is 5.10 Å². The normalized spacial score (nSPS) is 30.2. The van der Waals surface area contributed by atoms with Crippen LogP contribution in [0.2, 0.25) is 18.6 Å². The zero-order chi connectivity index (χ0) is 37.7. The van der Waals surface area contributed by atoms with Gasteiger partial charge in [0, 0.05) is 60.6 Å². The van der Waals surface area contributed by atoms with Crippen molar-refractivity contribution in [2.24, 2.45) is 5.92 Å². The van der Waals surface area contributed by atoms with Crippen LogP contribution in [0.15, 0.2) is 48.7 Å². The lowest BCUT2D eigenvalue weighted by Gasteiger charge is -2.37. The van der Waals surface area contributed by atoms with E-state index in [4.69, 9.17) is 9.47 Å². The second kappa shape index (κ2) is 14.3. The van der Waals surface area contributed by atoms with Gasteiger partial charge in [0.1, 0.15) is 18.3 Å². The van der Waals surface area contributed by atoms with Crippen LogP contribution in [0.25, 0.3) is 0 Å². The molecule has 3 aliphatic rings. The second-order valence-corrected chi connectivity index (χ2v) is 17.8. The number of aromatic nitrogens is 3. The summed E-state index contributed by atoms with van der Waals surface area (Å²) in [6, 6.07) is 10.4. The third kappa shape index (κ3) is 6.73. The highest BCUT2D eigenvalue weighted by Gasteiger charge is 2.67. The number of non-ortho nitro benzene ring substituents is 1. The van der Waals surface area contributed by atoms with Gasteiger partial charge in [0.2, 0.25) is 8.41 Å². The first kappa shape index (κ1) is 37.5. The monoisotopic (exact) mass is 744 g/mol. The first-order valence-corrected chi connectivity index (χ1v) is 19.8. The van der Waals surface area contributed by atoms with Gasteiger partial charge < -0.3 is 49.3 Å². The van der Waals surface area contributed by atoms with Crippen LogP contribution in [-0.4, -0.2) is 109 Å². The Bertz CT molecular complexity index is 1830. The Morgan fingerprint density at radius 2 is 1.83 bits per heavy atom. The third-order valence-electron chi connectivity index (χ3n) is 10.2. The summed E-state index contributed by atoms with van der Waals surface area (Å²) >= 11 is 0. The van der Waals surface area contributed by atoms with E-state index in [-0.39, 0.29) is 36.5 Å². The smallest absolute Gasteiger partial charge is 0.269 e. The van der Waals surface area contributed by atoms with Crippen LogP contribution in [0.5, 0.6) is 0 Å². The molecule has 0 aliphatic carbocycles. The molecule has 0 unspecified atom stereocenters. The van der Waals surface area contributed by atoms with Crippen LogP contribution in [0, 0.1) is 16.0 Å². The summed E-state index contributed by atoms with van der Waals surface area (Å²) in [4.78, 5) is 40.2. The molecule has 2 aromatic carbocycles. The molecule has 280 valence electrons. The number of hydrogen-bond donors (Lipinski definition) is 6. The van der Waals surface area contributed by atoms with Gasteiger partial charge in [0.15, 0.2) is 18.0 Å². The van der Waals surface area contributed by atoms with Crippen LogP contribution in [0.1, 0.15) is 30.2 Å². The lowest BCUT2D eigenvalue weighted by Crippen LogP contribution is -2.60. The minimum absolute atomic E-state index is 0.00516. The fraction of sp³-hybridized carbons (Fsp3) is 0.515. The molecule has 2 saturated heterocycles. The summed E-state index contributed by atoms with van der Waals surface area (Å²) in [7, 11) is -3.53. The molecule has 0 saturated carbocycles. The molecule has 6 rings (SSSR count). The number of carbonyl (C=O) groups excluding carboxylic acids is 2. The predicted octanol–water partition coefficient (Wildman–Crippen LogP) is 0.872. The number of aliphatic hydroxyl groups excluding tert-OH is 5. The van der Waals surface area contributed by atoms with E-state index in [9.17, 15) is 45.2 Å². The number of ether oxygens (including phenoxy) is 2. The van der Waals surface area contributed by atoms with Gasteiger partial charge in [-0.05, 0) is 43.3 Å². The van der Waals surface area contributed by atoms with E-state index in [1.165, 1.54) is 35.2 Å². The number of aliphatic hydroxyl groups is 5. The molecule has 3 aromatic rings. The van der Waals surface area contributed by atoms with Crippen LogP contribution >= 0.6 is 0 Å². The number of rotatable bonds is 11. The Morgan fingerprint density at radius 1 is 1.12 bits per heavy atom. The molecule has 3 aliphatic heterocycles. The van der Waals surface area contributed by atoms with Gasteiger partial charge in [-0.3, -0.25) is 24.4 Å². The van der Waals surface area contributed by atoms with Gasteiger partial charge in [0.25, 0.3) is 17.5 Å². The van der Waals surface area contributed by atoms with Crippen molar-refractivity contribution >= 4 is 37.3 Å². The SMILES string of the molecule is C[C@H]1[C@H]([Si](C)(C)F)[C@@H](CCn2cc(CCO)nn2)O[C@]12C(=O)N(Cc1ccc(NC(=O)[C@H]3O[C@@H](O)[C@H](O)[C@@H](O)[C@@H]3O)cc1)c1ccc([N+](=O)[O-])cc12. The van der Waals surface area contributed by atoms with E-state index >= 15 is 4.11 Å². The largest absolute Gasteiger partial charge is 0.396 e. The minimum atomic E-state index is -3.53. The van der Waals surface area contributed by atoms with Crippen molar-refractivity contribution in [2.75, 3.05) is 16.8 Å². The molecule has 1 aromatic heterocycles. The molecule has 2 fully saturated rings. The fourth-order valence-electron chi connectivity index (χ4n) is 7.68. The van der Waals surface area contributed by atoms with E-state index in [0.29, 0.717) is 29.9 Å². The summed E-state index contributed by atoms with van der Waals surface area (Å²) in [5.41, 5.74) is -0.527. The van der Waals surface area contributed by atoms with Gasteiger partial charge in [0.05, 0.1) is 29.0 Å². The summed E-state index contributed by atoms with van der Waals surface area (Å²) in [6.07, 6.45) is -7.43. The first-order valence-electron chi connectivity index (χ1n) is 16.8. The Labute approximate surface area is 297 Å². The maximum absolute atomic E-state index is 16.2. The number of anilines is 2. The van der Waals surface area contributed by atoms with Crippen LogP contribution in [-0.2, 0) is 44.2 Å². The van der Waals surface area contributed by atoms with E-state index in [1.54, 1.807) is 43.0 Å². The molecular formula is C33H41FN6O11Si. The predicted molar refractivity (Wildman–Crippen MR) is 182 cm³/mol. The first-order chi connectivity index (χ1) is 24.6. The number of hydrogen-bond acceptors (Lipinski definition) is 13. The van der Waals surface area contributed by atoms with Crippen molar-refractivity contribution in [3.63, 3.8) is 0 Å². The number of benzene rings is 2. The maximum atomic E-state index is 16.2. The number of aryl methyl sites for hydroxylation is 1. The zero-order valence-electron chi connectivity index (χ0n) is 28.6. The molecule has 2 amide bonds. The number of nitro groups is 1. The highest BCUT2D eigenvalue weighted by Crippen LogP contribution is 2.60. The number of amides is 2. The number of nitro benzene ring substituents is 1. The quantitative estimate of drug-likeness (QED) is 0.0692. The standard InChI is InChI=1S/C33H41FN6O11Si/c1-17-29(52(2,3)34)24(10-12-38-16-20(11-13-41)36-37-38)51-33(17)22-14-21(40(48)49)8-9-23(22)39(32(33)47)15-18-4-6-19(7-5-18)35-30(45)28-26(43)25(42)27(44)31(46)50-28/h4-9,14,16-17,24-29,31,41-44,46H,10-13,15H2,1-3H3,(H,35,45)/t17-,24+,25-,26-,27+,28-,29-,31+,33+/m0/s1. The molecule has 9 atom stereocenters. The summed E-state index contributed by atoms with van der Waals surface area (Å²) in [6.45, 7) is 5.06. The van der Waals surface area contributed by atoms with Gasteiger partial charge >= 0.3 is 0 Å². The molecular weight excluding hydrogens is 703 g/mol. The Hall–Kier alpha value is -4.21. The van der Waals surface area contributed by atoms with E-state index in [2.05, 4.69) is 15.6 Å². The van der Waals surface area contributed by atoms with Gasteiger partial charge in [-0.1, -0.05) is 24.3 Å². The number of halogens is 1. The fourth-order valence-corrected chi connectivity index (χ4v) is 10.2. The molecule has 19 heteroatoms. The molecule has 52 heavy (non-hydrogen) atoms. The molecule has 6 N–H and O–H groups in total. The topological polar surface area (TPSA) is 243 Å². The highest BCUT2D eigenvalue weighted by molar-refractivity contribution is 6.72. The number of nitrogens with one attached hydrogen (secondary N) is 1. The van der Waals surface area contributed by atoms with E-state index in [0.717, 1.165) is 0 Å². The minimum Gasteiger partial charge on any atom is -0.396 e. The van der Waals surface area contributed by atoms with Crippen molar-refractivity contribution < 1.29 is 53.6 Å². The zero-order valence-corrected chi connectivity index (χ0v) is 29.6. The van der Waals surface area contributed by atoms with Crippen molar-refractivity contribution in [2.45, 2.75) is 93.9 Å². The average molecular weight is 745 g/mol. The van der Waals surface area contributed by atoms with Gasteiger partial charge in [-0.25, -0.2) is 0 Å². The number of nitrogens with zero attached hydrogens (tertiary/aromatic N) is 5. The van der Waals surface area contributed by atoms with Crippen molar-refractivity contribution in [3.8, 4) is 0 Å². The van der Waals surface area contributed by atoms with Crippen LogP contribution in [0.3, 0.4) is 0 Å². The lowest BCUT2D eigenvalue weighted by molar-refractivity contribution is -0.385. The second-order valence-electron chi connectivity index (χ2n) is 14.0. The molecule has 0 bridgehead atoms. The Kier molecular flexibility index (Phi) is 10.3. The Morgan fingerprint density at radius 3 is 2.48 bits per heavy atom. The molecule has 4 heterocycles.